The number of rotatable bonds is 6. The van der Waals surface area contributed by atoms with Crippen LogP contribution in [-0.4, -0.2) is 61.1 Å². The minimum absolute atomic E-state index is 0.118. The molecule has 2 aliphatic heterocycles. The first-order chi connectivity index (χ1) is 12.2. The van der Waals surface area contributed by atoms with E-state index in [1.807, 2.05) is 35.2 Å². The number of benzene rings is 1. The number of hydrogen-bond donors (Lipinski definition) is 2. The zero-order valence-corrected chi connectivity index (χ0v) is 15.3. The van der Waals surface area contributed by atoms with Crippen molar-refractivity contribution in [1.29, 1.82) is 0 Å². The van der Waals surface area contributed by atoms with Crippen molar-refractivity contribution >= 4 is 23.6 Å². The lowest BCUT2D eigenvalue weighted by atomic mass is 10.0. The normalized spacial score (nSPS) is 24.3. The molecule has 2 N–H and O–H groups in total. The van der Waals surface area contributed by atoms with E-state index < -0.39 is 6.10 Å². The molecular formula is C18H25N3O3S. The van der Waals surface area contributed by atoms with Crippen LogP contribution in [-0.2, 0) is 14.3 Å². The van der Waals surface area contributed by atoms with E-state index in [0.717, 1.165) is 36.7 Å². The molecule has 6 nitrogen and oxygen atoms in total. The zero-order valence-electron chi connectivity index (χ0n) is 14.4. The number of ether oxygens (including phenoxy) is 1. The second kappa shape index (κ2) is 8.69. The fourth-order valence-electron chi connectivity index (χ4n) is 3.32. The Hall–Kier alpha value is -1.57. The van der Waals surface area contributed by atoms with Crippen LogP contribution in [0.15, 0.2) is 30.3 Å². The molecule has 2 heterocycles. The summed E-state index contributed by atoms with van der Waals surface area (Å²) in [4.78, 5) is 26.8. The first kappa shape index (κ1) is 18.2. The van der Waals surface area contributed by atoms with Gasteiger partial charge in [-0.15, -0.1) is 11.8 Å². The fraction of sp³-hybridized carbons (Fsp3) is 0.556. The van der Waals surface area contributed by atoms with E-state index in [-0.39, 0.29) is 23.8 Å². The standard InChI is InChI=1S/C18H25N3O3S/c1-24-16(14-5-3-2-4-6-14)17(22)20-11-13-9-15(19-10-13)18(23)21-7-8-25-12-21/h2-6,13,15-16,19H,7-12H2,1H3,(H,20,22)/t13-,15-,16?/m0/s1. The van der Waals surface area contributed by atoms with Crippen molar-refractivity contribution in [3.8, 4) is 0 Å². The average molecular weight is 363 g/mol. The average Bonchev–Trinajstić information content (AvgIpc) is 3.33. The van der Waals surface area contributed by atoms with Crippen LogP contribution in [0.5, 0.6) is 0 Å². The molecule has 2 aliphatic rings. The van der Waals surface area contributed by atoms with Crippen LogP contribution in [0.25, 0.3) is 0 Å². The molecule has 0 aliphatic carbocycles. The van der Waals surface area contributed by atoms with Crippen molar-refractivity contribution in [1.82, 2.24) is 15.5 Å². The van der Waals surface area contributed by atoms with E-state index >= 15 is 0 Å². The highest BCUT2D eigenvalue weighted by Crippen LogP contribution is 2.21. The van der Waals surface area contributed by atoms with Crippen LogP contribution >= 0.6 is 11.8 Å². The molecule has 1 unspecified atom stereocenters. The molecule has 3 rings (SSSR count). The Balaban J connectivity index is 1.47. The van der Waals surface area contributed by atoms with Gasteiger partial charge in [-0.05, 0) is 17.9 Å². The highest BCUT2D eigenvalue weighted by atomic mass is 32.2. The van der Waals surface area contributed by atoms with E-state index in [1.165, 1.54) is 7.11 Å². The molecule has 0 radical (unpaired) electrons. The summed E-state index contributed by atoms with van der Waals surface area (Å²) in [5.41, 5.74) is 0.839. The van der Waals surface area contributed by atoms with E-state index in [1.54, 1.807) is 11.8 Å². The Morgan fingerprint density at radius 1 is 1.40 bits per heavy atom. The van der Waals surface area contributed by atoms with Gasteiger partial charge in [-0.2, -0.15) is 0 Å². The maximum atomic E-state index is 12.4. The van der Waals surface area contributed by atoms with Gasteiger partial charge in [0.05, 0.1) is 11.9 Å². The third-order valence-electron chi connectivity index (χ3n) is 4.73. The smallest absolute Gasteiger partial charge is 0.253 e. The lowest BCUT2D eigenvalue weighted by Crippen LogP contribution is -2.42. The highest BCUT2D eigenvalue weighted by Gasteiger charge is 2.33. The molecular weight excluding hydrogens is 338 g/mol. The summed E-state index contributed by atoms with van der Waals surface area (Å²) in [6.07, 6.45) is 0.165. The molecule has 0 spiro atoms. The van der Waals surface area contributed by atoms with Crippen molar-refractivity contribution in [2.75, 3.05) is 38.4 Å². The minimum atomic E-state index is -0.602. The van der Waals surface area contributed by atoms with E-state index in [9.17, 15) is 9.59 Å². The Labute approximate surface area is 152 Å². The van der Waals surface area contributed by atoms with Crippen molar-refractivity contribution in [3.63, 3.8) is 0 Å². The third kappa shape index (κ3) is 4.54. The number of thioether (sulfide) groups is 1. The Morgan fingerprint density at radius 3 is 2.88 bits per heavy atom. The van der Waals surface area contributed by atoms with Gasteiger partial charge in [-0.3, -0.25) is 9.59 Å². The lowest BCUT2D eigenvalue weighted by molar-refractivity contribution is -0.131. The van der Waals surface area contributed by atoms with Crippen LogP contribution in [0.1, 0.15) is 18.1 Å². The second-order valence-electron chi connectivity index (χ2n) is 6.47. The van der Waals surface area contributed by atoms with Crippen molar-refractivity contribution < 1.29 is 14.3 Å². The number of hydrogen-bond acceptors (Lipinski definition) is 5. The quantitative estimate of drug-likeness (QED) is 0.789. The molecule has 2 amide bonds. The van der Waals surface area contributed by atoms with Gasteiger partial charge in [-0.1, -0.05) is 30.3 Å². The first-order valence-electron chi connectivity index (χ1n) is 8.64. The van der Waals surface area contributed by atoms with Gasteiger partial charge in [0.25, 0.3) is 5.91 Å². The maximum absolute atomic E-state index is 12.4. The predicted octanol–water partition coefficient (Wildman–Crippen LogP) is 1.00. The molecule has 2 saturated heterocycles. The third-order valence-corrected chi connectivity index (χ3v) is 5.69. The zero-order chi connectivity index (χ0) is 17.6. The topological polar surface area (TPSA) is 70.7 Å². The van der Waals surface area contributed by atoms with Crippen molar-refractivity contribution in [2.45, 2.75) is 18.6 Å². The van der Waals surface area contributed by atoms with Gasteiger partial charge in [0.15, 0.2) is 6.10 Å². The monoisotopic (exact) mass is 363 g/mol. The van der Waals surface area contributed by atoms with Gasteiger partial charge >= 0.3 is 0 Å². The van der Waals surface area contributed by atoms with E-state index in [2.05, 4.69) is 10.6 Å². The van der Waals surface area contributed by atoms with Gasteiger partial charge in [0.1, 0.15) is 0 Å². The molecule has 7 heteroatoms. The molecule has 1 aromatic rings. The molecule has 1 aromatic carbocycles. The number of methoxy groups -OCH3 is 1. The summed E-state index contributed by atoms with van der Waals surface area (Å²) in [5, 5.41) is 6.27. The van der Waals surface area contributed by atoms with Crippen molar-refractivity contribution in [2.24, 2.45) is 5.92 Å². The summed E-state index contributed by atoms with van der Waals surface area (Å²) in [6, 6.07) is 9.34. The Morgan fingerprint density at radius 2 is 2.20 bits per heavy atom. The Bertz CT molecular complexity index is 592. The molecule has 0 saturated carbocycles. The van der Waals surface area contributed by atoms with Gasteiger partial charge < -0.3 is 20.3 Å². The van der Waals surface area contributed by atoms with Crippen LogP contribution < -0.4 is 10.6 Å². The van der Waals surface area contributed by atoms with Gasteiger partial charge in [0.2, 0.25) is 5.91 Å². The molecule has 25 heavy (non-hydrogen) atoms. The highest BCUT2D eigenvalue weighted by molar-refractivity contribution is 7.99. The largest absolute Gasteiger partial charge is 0.367 e. The van der Waals surface area contributed by atoms with Crippen LogP contribution in [0.2, 0.25) is 0 Å². The second-order valence-corrected chi connectivity index (χ2v) is 7.55. The number of amides is 2. The molecule has 3 atom stereocenters. The summed E-state index contributed by atoms with van der Waals surface area (Å²) in [5.74, 6) is 2.14. The Kier molecular flexibility index (Phi) is 6.34. The summed E-state index contributed by atoms with van der Waals surface area (Å²) in [6.45, 7) is 2.15. The van der Waals surface area contributed by atoms with Crippen molar-refractivity contribution in [3.05, 3.63) is 35.9 Å². The van der Waals surface area contributed by atoms with Gasteiger partial charge in [-0.25, -0.2) is 0 Å². The minimum Gasteiger partial charge on any atom is -0.367 e. The fourth-order valence-corrected chi connectivity index (χ4v) is 4.28. The maximum Gasteiger partial charge on any atom is 0.253 e. The van der Waals surface area contributed by atoms with Gasteiger partial charge in [0, 0.05) is 32.5 Å². The first-order valence-corrected chi connectivity index (χ1v) is 9.80. The molecule has 2 fully saturated rings. The summed E-state index contributed by atoms with van der Waals surface area (Å²) >= 11 is 1.79. The van der Waals surface area contributed by atoms with Crippen LogP contribution in [0, 0.1) is 5.92 Å². The molecule has 136 valence electrons. The SMILES string of the molecule is COC(C(=O)NC[C@@H]1CN[C@H](C(=O)N2CCSC2)C1)c1ccccc1. The molecule has 0 bridgehead atoms. The number of nitrogens with zero attached hydrogens (tertiary/aromatic N) is 1. The molecule has 0 aromatic heterocycles. The number of carbonyl (C=O) groups is 2. The summed E-state index contributed by atoms with van der Waals surface area (Å²) < 4.78 is 5.35. The summed E-state index contributed by atoms with van der Waals surface area (Å²) in [7, 11) is 1.54. The van der Waals surface area contributed by atoms with Crippen LogP contribution in [0.3, 0.4) is 0 Å². The van der Waals surface area contributed by atoms with Crippen LogP contribution in [0.4, 0.5) is 0 Å². The van der Waals surface area contributed by atoms with E-state index in [0.29, 0.717) is 6.54 Å². The number of carbonyl (C=O) groups excluding carboxylic acids is 2. The number of nitrogens with one attached hydrogen (secondary N) is 2. The van der Waals surface area contributed by atoms with E-state index in [4.69, 9.17) is 4.74 Å². The predicted molar refractivity (Wildman–Crippen MR) is 98.1 cm³/mol. The lowest BCUT2D eigenvalue weighted by Gasteiger charge is -2.19.